The summed E-state index contributed by atoms with van der Waals surface area (Å²) in [5.41, 5.74) is 0.838. The average Bonchev–Trinajstić information content (AvgIpc) is 2.55. The Bertz CT molecular complexity index is 522. The van der Waals surface area contributed by atoms with Crippen molar-refractivity contribution in [1.82, 2.24) is 5.32 Å². The van der Waals surface area contributed by atoms with E-state index < -0.39 is 35.6 Å². The highest BCUT2D eigenvalue weighted by atomic mass is 16.7. The van der Waals surface area contributed by atoms with Crippen LogP contribution in [-0.2, 0) is 16.0 Å². The molecule has 128 valence electrons. The molecule has 5 atom stereocenters. The molecule has 0 aromatic heterocycles. The zero-order valence-corrected chi connectivity index (χ0v) is 12.5. The van der Waals surface area contributed by atoms with Crippen molar-refractivity contribution in [2.45, 2.75) is 37.3 Å². The molecule has 0 saturated carbocycles. The highest BCUT2D eigenvalue weighted by Crippen LogP contribution is 2.21. The van der Waals surface area contributed by atoms with Crippen molar-refractivity contribution in [3.63, 3.8) is 0 Å². The fraction of sp³-hybridized carbons (Fsp3) is 0.571. The minimum absolute atomic E-state index is 0.0137. The Hall–Kier alpha value is -1.62. The lowest BCUT2D eigenvalue weighted by molar-refractivity contribution is -0.384. The number of nitro benzene ring substituents is 1. The molecule has 0 aliphatic carbocycles. The van der Waals surface area contributed by atoms with Gasteiger partial charge in [-0.05, 0) is 5.56 Å². The third-order valence-corrected chi connectivity index (χ3v) is 3.72. The van der Waals surface area contributed by atoms with Crippen LogP contribution in [0, 0.1) is 10.1 Å². The lowest BCUT2D eigenvalue weighted by Crippen LogP contribution is -2.60. The molecule has 9 heteroatoms. The second-order valence-electron chi connectivity index (χ2n) is 5.30. The molecule has 2 unspecified atom stereocenters. The first-order valence-corrected chi connectivity index (χ1v) is 7.10. The Morgan fingerprint density at radius 3 is 2.43 bits per heavy atom. The molecule has 0 bridgehead atoms. The molecule has 0 amide bonds. The summed E-state index contributed by atoms with van der Waals surface area (Å²) in [5.74, 6) is 0. The maximum atomic E-state index is 10.6. The molecule has 4 N–H and O–H groups in total. The predicted molar refractivity (Wildman–Crippen MR) is 78.5 cm³/mol. The standard InChI is InChI=1S/C14H20N2O7/c1-22-14-13(19)12(18)11(17)10(23-14)7-15-6-8-2-4-9(5-3-8)16(20)21/h2-5,10-15,17-19H,6-7H2,1H3/t10-,11-,12?,13+,14?/m1/s1. The number of nitrogens with one attached hydrogen (secondary N) is 1. The van der Waals surface area contributed by atoms with E-state index in [2.05, 4.69) is 5.32 Å². The Labute approximate surface area is 132 Å². The SMILES string of the molecule is COC1O[C@H](CNCc2ccc([N+](=O)[O-])cc2)[C@@H](O)C(O)[C@@H]1O. The molecule has 1 heterocycles. The van der Waals surface area contributed by atoms with E-state index in [1.54, 1.807) is 12.1 Å². The third kappa shape index (κ3) is 4.22. The number of hydrogen-bond acceptors (Lipinski definition) is 8. The van der Waals surface area contributed by atoms with Crippen LogP contribution in [0.1, 0.15) is 5.56 Å². The van der Waals surface area contributed by atoms with Crippen molar-refractivity contribution in [3.05, 3.63) is 39.9 Å². The lowest BCUT2D eigenvalue weighted by Gasteiger charge is -2.39. The number of non-ortho nitro benzene ring substituents is 1. The van der Waals surface area contributed by atoms with Gasteiger partial charge in [-0.3, -0.25) is 10.1 Å². The minimum Gasteiger partial charge on any atom is -0.388 e. The molecule has 2 rings (SSSR count). The van der Waals surface area contributed by atoms with Gasteiger partial charge in [0, 0.05) is 32.3 Å². The largest absolute Gasteiger partial charge is 0.388 e. The summed E-state index contributed by atoms with van der Waals surface area (Å²) in [6.45, 7) is 0.614. The fourth-order valence-corrected chi connectivity index (χ4v) is 2.37. The molecule has 1 aromatic carbocycles. The summed E-state index contributed by atoms with van der Waals surface area (Å²) in [5, 5.41) is 42.9. The summed E-state index contributed by atoms with van der Waals surface area (Å²) in [4.78, 5) is 10.1. The van der Waals surface area contributed by atoms with E-state index >= 15 is 0 Å². The van der Waals surface area contributed by atoms with Gasteiger partial charge in [-0.1, -0.05) is 12.1 Å². The van der Waals surface area contributed by atoms with E-state index in [-0.39, 0.29) is 12.2 Å². The summed E-state index contributed by atoms with van der Waals surface area (Å²) in [7, 11) is 1.33. The third-order valence-electron chi connectivity index (χ3n) is 3.72. The van der Waals surface area contributed by atoms with E-state index in [9.17, 15) is 25.4 Å². The Morgan fingerprint density at radius 1 is 1.22 bits per heavy atom. The van der Waals surface area contributed by atoms with E-state index in [0.717, 1.165) is 5.56 Å². The first-order valence-electron chi connectivity index (χ1n) is 7.10. The highest BCUT2D eigenvalue weighted by Gasteiger charge is 2.43. The maximum Gasteiger partial charge on any atom is 0.269 e. The number of aliphatic hydroxyl groups is 3. The van der Waals surface area contributed by atoms with E-state index in [0.29, 0.717) is 6.54 Å². The van der Waals surface area contributed by atoms with Gasteiger partial charge in [0.25, 0.3) is 5.69 Å². The molecule has 1 saturated heterocycles. The molecule has 1 aliphatic heterocycles. The van der Waals surface area contributed by atoms with Gasteiger partial charge >= 0.3 is 0 Å². The molecule has 9 nitrogen and oxygen atoms in total. The number of rotatable bonds is 6. The monoisotopic (exact) mass is 328 g/mol. The quantitative estimate of drug-likeness (QED) is 0.391. The Kier molecular flexibility index (Phi) is 5.99. The summed E-state index contributed by atoms with van der Waals surface area (Å²) < 4.78 is 10.3. The molecule has 1 fully saturated rings. The first-order chi connectivity index (χ1) is 10.9. The van der Waals surface area contributed by atoms with E-state index in [1.165, 1.54) is 19.2 Å². The van der Waals surface area contributed by atoms with Gasteiger partial charge < -0.3 is 30.1 Å². The van der Waals surface area contributed by atoms with Crippen molar-refractivity contribution < 1.29 is 29.7 Å². The maximum absolute atomic E-state index is 10.6. The number of aliphatic hydroxyl groups excluding tert-OH is 3. The van der Waals surface area contributed by atoms with Crippen LogP contribution in [0.4, 0.5) is 5.69 Å². The molecule has 0 spiro atoms. The Morgan fingerprint density at radius 2 is 1.87 bits per heavy atom. The van der Waals surface area contributed by atoms with Crippen molar-refractivity contribution in [1.29, 1.82) is 0 Å². The number of ether oxygens (including phenoxy) is 2. The molecule has 1 aromatic rings. The van der Waals surface area contributed by atoms with Crippen molar-refractivity contribution in [2.75, 3.05) is 13.7 Å². The van der Waals surface area contributed by atoms with E-state index in [4.69, 9.17) is 9.47 Å². The Balaban J connectivity index is 1.86. The molecular weight excluding hydrogens is 308 g/mol. The van der Waals surface area contributed by atoms with Gasteiger partial charge in [0.15, 0.2) is 6.29 Å². The van der Waals surface area contributed by atoms with E-state index in [1.807, 2.05) is 0 Å². The smallest absolute Gasteiger partial charge is 0.269 e. The summed E-state index contributed by atoms with van der Waals surface area (Å²) in [6, 6.07) is 6.06. The highest BCUT2D eigenvalue weighted by molar-refractivity contribution is 5.32. The van der Waals surface area contributed by atoms with Gasteiger partial charge in [-0.25, -0.2) is 0 Å². The van der Waals surface area contributed by atoms with Gasteiger partial charge in [-0.15, -0.1) is 0 Å². The average molecular weight is 328 g/mol. The number of hydrogen-bond donors (Lipinski definition) is 4. The molecule has 1 aliphatic rings. The normalized spacial score (nSPS) is 31.0. The zero-order chi connectivity index (χ0) is 17.0. The molecular formula is C14H20N2O7. The first kappa shape index (κ1) is 17.7. The van der Waals surface area contributed by atoms with Gasteiger partial charge in [0.1, 0.15) is 24.4 Å². The number of nitro groups is 1. The predicted octanol–water partition coefficient (Wildman–Crippen LogP) is -0.862. The fourth-order valence-electron chi connectivity index (χ4n) is 2.37. The van der Waals surface area contributed by atoms with Crippen molar-refractivity contribution in [2.24, 2.45) is 0 Å². The second-order valence-corrected chi connectivity index (χ2v) is 5.30. The van der Waals surface area contributed by atoms with Crippen LogP contribution in [0.25, 0.3) is 0 Å². The van der Waals surface area contributed by atoms with Crippen LogP contribution in [-0.4, -0.2) is 64.6 Å². The van der Waals surface area contributed by atoms with Crippen LogP contribution in [0.5, 0.6) is 0 Å². The van der Waals surface area contributed by atoms with Gasteiger partial charge in [-0.2, -0.15) is 0 Å². The van der Waals surface area contributed by atoms with Crippen molar-refractivity contribution >= 4 is 5.69 Å². The van der Waals surface area contributed by atoms with Gasteiger partial charge in [0.05, 0.1) is 4.92 Å². The van der Waals surface area contributed by atoms with Crippen LogP contribution in [0.15, 0.2) is 24.3 Å². The van der Waals surface area contributed by atoms with Crippen LogP contribution >= 0.6 is 0 Å². The minimum atomic E-state index is -1.36. The molecule has 23 heavy (non-hydrogen) atoms. The second kappa shape index (κ2) is 7.77. The topological polar surface area (TPSA) is 134 Å². The number of nitrogens with zero attached hydrogens (tertiary/aromatic N) is 1. The summed E-state index contributed by atoms with van der Waals surface area (Å²) >= 11 is 0. The zero-order valence-electron chi connectivity index (χ0n) is 12.5. The van der Waals surface area contributed by atoms with Crippen molar-refractivity contribution in [3.8, 4) is 0 Å². The number of methoxy groups -OCH3 is 1. The van der Waals surface area contributed by atoms with Crippen LogP contribution in [0.3, 0.4) is 0 Å². The lowest BCUT2D eigenvalue weighted by atomic mass is 9.99. The molecule has 0 radical (unpaired) electrons. The number of benzene rings is 1. The van der Waals surface area contributed by atoms with Gasteiger partial charge in [0.2, 0.25) is 0 Å². The summed E-state index contributed by atoms with van der Waals surface area (Å²) in [6.07, 6.45) is -5.70. The van der Waals surface area contributed by atoms with Crippen LogP contribution < -0.4 is 5.32 Å². The van der Waals surface area contributed by atoms with Crippen LogP contribution in [0.2, 0.25) is 0 Å².